The lowest BCUT2D eigenvalue weighted by Gasteiger charge is -2.32. The van der Waals surface area contributed by atoms with E-state index in [4.69, 9.17) is 0 Å². The van der Waals surface area contributed by atoms with E-state index >= 15 is 0 Å². The Kier molecular flexibility index (Phi) is 13.7. The Hall–Kier alpha value is -2.08. The number of carboxylic acid groups (broad SMARTS) is 2. The summed E-state index contributed by atoms with van der Waals surface area (Å²) in [5, 5.41) is 21.4. The van der Waals surface area contributed by atoms with Crippen molar-refractivity contribution in [2.45, 2.75) is 20.3 Å². The Balaban J connectivity index is 2.83. The Bertz CT molecular complexity index is 603. The fourth-order valence-corrected chi connectivity index (χ4v) is 3.48. The zero-order chi connectivity index (χ0) is 23.9. The van der Waals surface area contributed by atoms with Gasteiger partial charge in [-0.2, -0.15) is 0 Å². The predicted molar refractivity (Wildman–Crippen MR) is 120 cm³/mol. The molecule has 11 heteroatoms. The topological polar surface area (TPSA) is 134 Å². The summed E-state index contributed by atoms with van der Waals surface area (Å²) in [6, 6.07) is 0. The van der Waals surface area contributed by atoms with E-state index in [1.807, 2.05) is 9.80 Å². The molecule has 0 bridgehead atoms. The zero-order valence-electron chi connectivity index (χ0n) is 19.4. The van der Waals surface area contributed by atoms with Crippen molar-refractivity contribution in [1.82, 2.24) is 24.9 Å². The van der Waals surface area contributed by atoms with Crippen LogP contribution in [0.1, 0.15) is 20.3 Å². The summed E-state index contributed by atoms with van der Waals surface area (Å²) in [7, 11) is 0. The van der Waals surface area contributed by atoms with E-state index in [1.165, 1.54) is 0 Å². The molecule has 1 heterocycles. The van der Waals surface area contributed by atoms with E-state index in [9.17, 15) is 29.4 Å². The van der Waals surface area contributed by atoms with Gasteiger partial charge in [-0.25, -0.2) is 0 Å². The second kappa shape index (κ2) is 15.7. The third-order valence-electron chi connectivity index (χ3n) is 5.39. The van der Waals surface area contributed by atoms with Crippen LogP contribution >= 0.6 is 0 Å². The number of carboxylic acids is 2. The monoisotopic (exact) mass is 457 g/mol. The minimum absolute atomic E-state index is 0.0721. The van der Waals surface area contributed by atoms with Crippen molar-refractivity contribution in [3.05, 3.63) is 0 Å². The highest BCUT2D eigenvalue weighted by atomic mass is 16.4. The molecule has 0 saturated carbocycles. The maximum Gasteiger partial charge on any atom is 0.317 e. The van der Waals surface area contributed by atoms with E-state index in [-0.39, 0.29) is 32.1 Å². The molecule has 1 aliphatic heterocycles. The first-order valence-corrected chi connectivity index (χ1v) is 11.2. The number of nitrogens with one attached hydrogen (secondary N) is 1. The standard InChI is InChI=1S/C21H39N5O6/c1-18(2)3-4-22-19(28)15-24-7-5-23(13-14-27)6-8-25(16-20(29)30)11-12-26(10-9-24)17-21(31)32/h14,18H,3-13,15-17H2,1-2H3,(H,22,28)(H,29,30)(H,31,32). The van der Waals surface area contributed by atoms with Gasteiger partial charge in [0.15, 0.2) is 0 Å². The molecule has 1 fully saturated rings. The molecule has 0 spiro atoms. The van der Waals surface area contributed by atoms with E-state index in [1.54, 1.807) is 9.80 Å². The average molecular weight is 458 g/mol. The van der Waals surface area contributed by atoms with Gasteiger partial charge in [0, 0.05) is 58.9 Å². The molecule has 0 radical (unpaired) electrons. The minimum atomic E-state index is -0.947. The highest BCUT2D eigenvalue weighted by Crippen LogP contribution is 2.01. The SMILES string of the molecule is CC(C)CCNC(=O)CN1CCN(CC=O)CCN(CC(=O)O)CCN(CC(=O)O)CC1. The van der Waals surface area contributed by atoms with Crippen LogP contribution in [0.15, 0.2) is 0 Å². The smallest absolute Gasteiger partial charge is 0.317 e. The molecule has 0 unspecified atom stereocenters. The van der Waals surface area contributed by atoms with Gasteiger partial charge in [-0.3, -0.25) is 34.0 Å². The van der Waals surface area contributed by atoms with E-state index in [2.05, 4.69) is 19.2 Å². The lowest BCUT2D eigenvalue weighted by molar-refractivity contribution is -0.140. The van der Waals surface area contributed by atoms with Gasteiger partial charge in [0.2, 0.25) is 5.91 Å². The second-order valence-corrected chi connectivity index (χ2v) is 8.62. The van der Waals surface area contributed by atoms with E-state index in [0.717, 1.165) is 12.7 Å². The first-order chi connectivity index (χ1) is 15.2. The van der Waals surface area contributed by atoms with Crippen molar-refractivity contribution in [1.29, 1.82) is 0 Å². The van der Waals surface area contributed by atoms with Gasteiger partial charge in [-0.05, 0) is 12.3 Å². The van der Waals surface area contributed by atoms with Crippen LogP contribution in [0.2, 0.25) is 0 Å². The van der Waals surface area contributed by atoms with Crippen LogP contribution in [0.3, 0.4) is 0 Å². The molecule has 0 aromatic heterocycles. The largest absolute Gasteiger partial charge is 0.480 e. The van der Waals surface area contributed by atoms with Crippen LogP contribution in [-0.4, -0.2) is 139 Å². The average Bonchev–Trinajstić information content (AvgIpc) is 2.69. The highest BCUT2D eigenvalue weighted by molar-refractivity contribution is 5.78. The molecular formula is C21H39N5O6. The van der Waals surface area contributed by atoms with Crippen molar-refractivity contribution < 1.29 is 29.4 Å². The van der Waals surface area contributed by atoms with Gasteiger partial charge < -0.3 is 20.3 Å². The number of hydrogen-bond donors (Lipinski definition) is 3. The summed E-state index contributed by atoms with van der Waals surface area (Å²) >= 11 is 0. The Morgan fingerprint density at radius 2 is 1.19 bits per heavy atom. The summed E-state index contributed by atoms with van der Waals surface area (Å²) in [6.07, 6.45) is 1.73. The molecule has 32 heavy (non-hydrogen) atoms. The van der Waals surface area contributed by atoms with Crippen molar-refractivity contribution in [3.63, 3.8) is 0 Å². The van der Waals surface area contributed by atoms with E-state index in [0.29, 0.717) is 64.8 Å². The van der Waals surface area contributed by atoms with Crippen molar-refractivity contribution in [2.24, 2.45) is 5.92 Å². The number of aliphatic carboxylic acids is 2. The number of carbonyl (C=O) groups excluding carboxylic acids is 2. The first-order valence-electron chi connectivity index (χ1n) is 11.2. The number of rotatable bonds is 11. The summed E-state index contributed by atoms with van der Waals surface area (Å²) in [6.45, 7) is 8.79. The maximum atomic E-state index is 12.4. The van der Waals surface area contributed by atoms with Crippen molar-refractivity contribution in [3.8, 4) is 0 Å². The second-order valence-electron chi connectivity index (χ2n) is 8.62. The molecule has 0 aromatic carbocycles. The minimum Gasteiger partial charge on any atom is -0.480 e. The van der Waals surface area contributed by atoms with Gasteiger partial charge in [0.1, 0.15) is 6.29 Å². The van der Waals surface area contributed by atoms with Crippen LogP contribution in [0.4, 0.5) is 0 Å². The number of hydrogen-bond acceptors (Lipinski definition) is 8. The Morgan fingerprint density at radius 1 is 0.781 bits per heavy atom. The first kappa shape index (κ1) is 28.0. The molecule has 11 nitrogen and oxygen atoms in total. The summed E-state index contributed by atoms with van der Waals surface area (Å²) in [4.78, 5) is 53.4. The van der Waals surface area contributed by atoms with Gasteiger partial charge in [-0.15, -0.1) is 0 Å². The summed E-state index contributed by atoms with van der Waals surface area (Å²) in [5.41, 5.74) is 0. The highest BCUT2D eigenvalue weighted by Gasteiger charge is 2.20. The normalized spacial score (nSPS) is 18.6. The van der Waals surface area contributed by atoms with Crippen molar-refractivity contribution >= 4 is 24.1 Å². The molecule has 0 atom stereocenters. The van der Waals surface area contributed by atoms with E-state index < -0.39 is 11.9 Å². The molecular weight excluding hydrogens is 418 g/mol. The number of carbonyl (C=O) groups is 4. The maximum absolute atomic E-state index is 12.4. The van der Waals surface area contributed by atoms with Gasteiger partial charge >= 0.3 is 11.9 Å². The molecule has 1 saturated heterocycles. The lowest BCUT2D eigenvalue weighted by atomic mass is 10.1. The molecule has 1 aliphatic rings. The summed E-state index contributed by atoms with van der Waals surface area (Å²) in [5.74, 6) is -1.47. The molecule has 0 aliphatic carbocycles. The van der Waals surface area contributed by atoms with Crippen molar-refractivity contribution in [2.75, 3.05) is 85.1 Å². The Morgan fingerprint density at radius 3 is 1.56 bits per heavy atom. The van der Waals surface area contributed by atoms with Crippen LogP contribution < -0.4 is 5.32 Å². The van der Waals surface area contributed by atoms with Crippen LogP contribution in [0, 0.1) is 5.92 Å². The third-order valence-corrected chi connectivity index (χ3v) is 5.39. The van der Waals surface area contributed by atoms with Crippen LogP contribution in [0.5, 0.6) is 0 Å². The van der Waals surface area contributed by atoms with Crippen LogP contribution in [-0.2, 0) is 19.2 Å². The zero-order valence-corrected chi connectivity index (χ0v) is 19.4. The predicted octanol–water partition coefficient (Wildman–Crippen LogP) is -1.26. The number of amides is 1. The Labute approximate surface area is 190 Å². The fourth-order valence-electron chi connectivity index (χ4n) is 3.48. The molecule has 0 aromatic rings. The molecule has 1 amide bonds. The summed E-state index contributed by atoms with van der Waals surface area (Å²) < 4.78 is 0. The van der Waals surface area contributed by atoms with Crippen LogP contribution in [0.25, 0.3) is 0 Å². The molecule has 184 valence electrons. The lowest BCUT2D eigenvalue weighted by Crippen LogP contribution is -2.49. The number of nitrogens with zero attached hydrogens (tertiary/aromatic N) is 4. The number of aldehydes is 1. The third kappa shape index (κ3) is 13.4. The molecule has 1 rings (SSSR count). The quantitative estimate of drug-likeness (QED) is 0.323. The van der Waals surface area contributed by atoms with Gasteiger partial charge in [0.25, 0.3) is 0 Å². The van der Waals surface area contributed by atoms with Gasteiger partial charge in [0.05, 0.1) is 26.2 Å². The molecule has 3 N–H and O–H groups in total. The van der Waals surface area contributed by atoms with Gasteiger partial charge in [-0.1, -0.05) is 13.8 Å². The fraction of sp³-hybridized carbons (Fsp3) is 0.810.